The van der Waals surface area contributed by atoms with E-state index in [1.807, 2.05) is 38.1 Å². The number of nitrogens with zero attached hydrogens (tertiary/aromatic N) is 2. The predicted molar refractivity (Wildman–Crippen MR) is 195 cm³/mol. The van der Waals surface area contributed by atoms with Crippen molar-refractivity contribution in [3.05, 3.63) is 136 Å². The third-order valence-electron chi connectivity index (χ3n) is 8.20. The first-order valence-corrected chi connectivity index (χ1v) is 16.7. The number of hydrogen-bond donors (Lipinski definition) is 0. The average Bonchev–Trinajstić information content (AvgIpc) is 3.14. The SMILES string of the molecule is [C-]#[N+]c1cncc(COc2cc(OCc3cccc(-c4cccc(-c5ccc(OCC(OCC)OCC)cc5)c4C)c3C)c(Cl)cc2C=O)c1. The van der Waals surface area contributed by atoms with Gasteiger partial charge in [0.05, 0.1) is 17.2 Å². The zero-order chi connectivity index (χ0) is 35.5. The highest BCUT2D eigenvalue weighted by molar-refractivity contribution is 6.32. The molecule has 4 aromatic carbocycles. The fourth-order valence-electron chi connectivity index (χ4n) is 5.59. The number of pyridine rings is 1. The van der Waals surface area contributed by atoms with Gasteiger partial charge in [-0.3, -0.25) is 9.78 Å². The van der Waals surface area contributed by atoms with Gasteiger partial charge in [0.2, 0.25) is 5.69 Å². The summed E-state index contributed by atoms with van der Waals surface area (Å²) in [6.07, 6.45) is 3.39. The van der Waals surface area contributed by atoms with E-state index in [0.29, 0.717) is 59.4 Å². The lowest BCUT2D eigenvalue weighted by molar-refractivity contribution is -0.152. The number of carbonyl (C=O) groups excluding carboxylic acids is 1. The molecule has 0 amide bonds. The molecule has 0 aliphatic carbocycles. The molecule has 0 aliphatic rings. The van der Waals surface area contributed by atoms with Crippen LogP contribution < -0.4 is 14.2 Å². The van der Waals surface area contributed by atoms with E-state index < -0.39 is 6.29 Å². The van der Waals surface area contributed by atoms with Gasteiger partial charge in [-0.25, -0.2) is 4.85 Å². The van der Waals surface area contributed by atoms with Gasteiger partial charge in [0.1, 0.15) is 37.1 Å². The smallest absolute Gasteiger partial charge is 0.205 e. The van der Waals surface area contributed by atoms with E-state index >= 15 is 0 Å². The monoisotopic (exact) mass is 690 g/mol. The molecule has 0 atom stereocenters. The van der Waals surface area contributed by atoms with Gasteiger partial charge in [0.25, 0.3) is 0 Å². The highest BCUT2D eigenvalue weighted by atomic mass is 35.5. The van der Waals surface area contributed by atoms with Crippen molar-refractivity contribution in [1.82, 2.24) is 4.98 Å². The molecule has 0 saturated heterocycles. The Bertz CT molecular complexity index is 1970. The lowest BCUT2D eigenvalue weighted by Crippen LogP contribution is -2.25. The molecular weight excluding hydrogens is 652 g/mol. The summed E-state index contributed by atoms with van der Waals surface area (Å²) in [5.41, 5.74) is 9.08. The lowest BCUT2D eigenvalue weighted by atomic mass is 9.89. The molecule has 8 nitrogen and oxygen atoms in total. The van der Waals surface area contributed by atoms with Gasteiger partial charge in [-0.1, -0.05) is 60.1 Å². The van der Waals surface area contributed by atoms with Crippen molar-refractivity contribution in [2.45, 2.75) is 47.2 Å². The standard InChI is InChI=1S/C41H39ClN2O6/c1-6-46-41(47-7-2)26-48-34-16-14-30(15-17-34)35-11-9-13-37(28(35)4)36-12-8-10-31(27(36)3)25-50-40-20-39(32(23-45)19-38(40)42)49-24-29-18-33(43-5)22-44-21-29/h8-23,41H,6-7,24-26H2,1-4H3. The lowest BCUT2D eigenvalue weighted by Gasteiger charge is -2.18. The van der Waals surface area contributed by atoms with Crippen LogP contribution in [0.2, 0.25) is 5.02 Å². The summed E-state index contributed by atoms with van der Waals surface area (Å²) in [4.78, 5) is 19.3. The molecule has 0 spiro atoms. The molecule has 256 valence electrons. The van der Waals surface area contributed by atoms with Gasteiger partial charge in [-0.05, 0) is 96.5 Å². The molecule has 0 aliphatic heterocycles. The summed E-state index contributed by atoms with van der Waals surface area (Å²) in [5.74, 6) is 1.46. The van der Waals surface area contributed by atoms with Crippen LogP contribution in [0.4, 0.5) is 5.69 Å². The predicted octanol–water partition coefficient (Wildman–Crippen LogP) is 9.99. The van der Waals surface area contributed by atoms with Crippen LogP contribution in [0.15, 0.2) is 91.3 Å². The van der Waals surface area contributed by atoms with Crippen molar-refractivity contribution in [2.24, 2.45) is 0 Å². The summed E-state index contributed by atoms with van der Waals surface area (Å²) in [6, 6.07) is 25.4. The zero-order valence-corrected chi connectivity index (χ0v) is 29.3. The second-order valence-electron chi connectivity index (χ2n) is 11.4. The number of aldehydes is 1. The van der Waals surface area contributed by atoms with Crippen molar-refractivity contribution in [3.8, 4) is 39.5 Å². The van der Waals surface area contributed by atoms with E-state index in [4.69, 9.17) is 41.9 Å². The van der Waals surface area contributed by atoms with Crippen LogP contribution in [0.25, 0.3) is 27.1 Å². The number of carbonyl (C=O) groups is 1. The summed E-state index contributed by atoms with van der Waals surface area (Å²) in [6.45, 7) is 17.1. The summed E-state index contributed by atoms with van der Waals surface area (Å²) in [5, 5.41) is 0.299. The van der Waals surface area contributed by atoms with Crippen LogP contribution in [0.3, 0.4) is 0 Å². The molecule has 50 heavy (non-hydrogen) atoms. The van der Waals surface area contributed by atoms with Crippen LogP contribution in [0, 0.1) is 20.4 Å². The van der Waals surface area contributed by atoms with E-state index in [9.17, 15) is 4.79 Å². The molecule has 0 fully saturated rings. The first-order chi connectivity index (χ1) is 24.3. The Morgan fingerprint density at radius 2 is 1.48 bits per heavy atom. The van der Waals surface area contributed by atoms with E-state index in [1.54, 1.807) is 18.3 Å². The fraction of sp³-hybridized carbons (Fsp3) is 0.244. The molecule has 0 saturated carbocycles. The Morgan fingerprint density at radius 1 is 0.800 bits per heavy atom. The Hall–Kier alpha value is -5.20. The largest absolute Gasteiger partial charge is 0.488 e. The molecule has 9 heteroatoms. The molecule has 1 aromatic heterocycles. The van der Waals surface area contributed by atoms with Crippen LogP contribution >= 0.6 is 11.6 Å². The maximum Gasteiger partial charge on any atom is 0.205 e. The van der Waals surface area contributed by atoms with Crippen molar-refractivity contribution in [2.75, 3.05) is 19.8 Å². The van der Waals surface area contributed by atoms with Crippen LogP contribution in [-0.2, 0) is 22.7 Å². The fourth-order valence-corrected chi connectivity index (χ4v) is 5.82. The van der Waals surface area contributed by atoms with Gasteiger partial charge >= 0.3 is 0 Å². The Morgan fingerprint density at radius 3 is 2.18 bits per heavy atom. The number of ether oxygens (including phenoxy) is 5. The maximum atomic E-state index is 11.8. The van der Waals surface area contributed by atoms with Crippen LogP contribution in [0.1, 0.15) is 46.5 Å². The van der Waals surface area contributed by atoms with Gasteiger partial charge in [0.15, 0.2) is 12.6 Å². The van der Waals surface area contributed by atoms with Crippen LogP contribution in [0.5, 0.6) is 17.2 Å². The minimum absolute atomic E-state index is 0.124. The first-order valence-electron chi connectivity index (χ1n) is 16.4. The van der Waals surface area contributed by atoms with Crippen LogP contribution in [-0.4, -0.2) is 37.4 Å². The second kappa shape index (κ2) is 17.5. The Labute approximate surface area is 298 Å². The Kier molecular flexibility index (Phi) is 12.6. The number of hydrogen-bond acceptors (Lipinski definition) is 7. The number of halogens is 1. The first kappa shape index (κ1) is 36.1. The van der Waals surface area contributed by atoms with Gasteiger partial charge < -0.3 is 23.7 Å². The minimum Gasteiger partial charge on any atom is -0.488 e. The molecule has 0 radical (unpaired) electrons. The third kappa shape index (κ3) is 8.87. The van der Waals surface area contributed by atoms with Crippen molar-refractivity contribution in [3.63, 3.8) is 0 Å². The molecular formula is C41H39ClN2O6. The van der Waals surface area contributed by atoms with E-state index in [-0.39, 0.29) is 13.2 Å². The topological polar surface area (TPSA) is 80.5 Å². The number of benzene rings is 4. The highest BCUT2D eigenvalue weighted by Crippen LogP contribution is 2.37. The molecule has 0 N–H and O–H groups in total. The highest BCUT2D eigenvalue weighted by Gasteiger charge is 2.16. The zero-order valence-electron chi connectivity index (χ0n) is 28.6. The van der Waals surface area contributed by atoms with Crippen molar-refractivity contribution >= 4 is 23.6 Å². The van der Waals surface area contributed by atoms with Crippen molar-refractivity contribution in [1.29, 1.82) is 0 Å². The maximum absolute atomic E-state index is 11.8. The van der Waals surface area contributed by atoms with Gasteiger partial charge in [-0.15, -0.1) is 0 Å². The summed E-state index contributed by atoms with van der Waals surface area (Å²) >= 11 is 6.53. The molecule has 0 bridgehead atoms. The third-order valence-corrected chi connectivity index (χ3v) is 8.50. The van der Waals surface area contributed by atoms with E-state index in [0.717, 1.165) is 44.7 Å². The quantitative estimate of drug-likeness (QED) is 0.0579. The number of aromatic nitrogens is 1. The van der Waals surface area contributed by atoms with Gasteiger partial charge in [0, 0.05) is 31.7 Å². The average molecular weight is 691 g/mol. The van der Waals surface area contributed by atoms with Gasteiger partial charge in [-0.2, -0.15) is 0 Å². The number of rotatable bonds is 16. The molecule has 5 rings (SSSR count). The second-order valence-corrected chi connectivity index (χ2v) is 11.8. The summed E-state index contributed by atoms with van der Waals surface area (Å²) in [7, 11) is 0. The van der Waals surface area contributed by atoms with E-state index in [2.05, 4.69) is 60.1 Å². The van der Waals surface area contributed by atoms with Crippen molar-refractivity contribution < 1.29 is 28.5 Å². The normalized spacial score (nSPS) is 10.9. The molecule has 5 aromatic rings. The minimum atomic E-state index is -0.399. The molecule has 0 unspecified atom stereocenters. The summed E-state index contributed by atoms with van der Waals surface area (Å²) < 4.78 is 29.3. The Balaban J connectivity index is 1.31. The van der Waals surface area contributed by atoms with E-state index in [1.165, 1.54) is 12.3 Å². The molecule has 1 heterocycles.